The van der Waals surface area contributed by atoms with Gasteiger partial charge in [0.1, 0.15) is 5.25 Å². The first-order chi connectivity index (χ1) is 11.3. The van der Waals surface area contributed by atoms with Crippen LogP contribution >= 0.6 is 0 Å². The molecule has 0 saturated carbocycles. The first-order valence-electron chi connectivity index (χ1n) is 7.92. The van der Waals surface area contributed by atoms with E-state index < -0.39 is 21.0 Å². The highest BCUT2D eigenvalue weighted by atomic mass is 32.2. The molecule has 0 spiro atoms. The van der Waals surface area contributed by atoms with Gasteiger partial charge in [-0.2, -0.15) is 0 Å². The molecular weight excluding hydrogens is 322 g/mol. The van der Waals surface area contributed by atoms with Crippen molar-refractivity contribution in [1.82, 2.24) is 5.32 Å². The fourth-order valence-corrected chi connectivity index (χ4v) is 3.83. The minimum Gasteiger partial charge on any atom is -0.348 e. The fraction of sp³-hybridized carbons (Fsp3) is 0.316. The maximum Gasteiger partial charge on any atom is 0.238 e. The van der Waals surface area contributed by atoms with E-state index in [2.05, 4.69) is 5.32 Å². The lowest BCUT2D eigenvalue weighted by atomic mass is 10.1. The molecule has 0 aliphatic rings. The van der Waals surface area contributed by atoms with Gasteiger partial charge in [-0.25, -0.2) is 8.42 Å². The molecule has 2 aromatic rings. The number of hydrogen-bond acceptors (Lipinski definition) is 3. The van der Waals surface area contributed by atoms with Gasteiger partial charge < -0.3 is 5.32 Å². The summed E-state index contributed by atoms with van der Waals surface area (Å²) in [4.78, 5) is 12.4. The first-order valence-corrected chi connectivity index (χ1v) is 9.64. The maximum atomic E-state index is 12.6. The molecule has 0 aliphatic heterocycles. The van der Waals surface area contributed by atoms with Crippen LogP contribution < -0.4 is 5.32 Å². The number of carbonyl (C=O) groups is 1. The zero-order valence-corrected chi connectivity index (χ0v) is 15.0. The van der Waals surface area contributed by atoms with Gasteiger partial charge in [0.25, 0.3) is 0 Å². The SMILES string of the molecule is Cc1ccccc1CS(=O)(=O)[C@H](C)C(=O)N[C@@H](C)c1ccccc1. The molecule has 5 heteroatoms. The minimum absolute atomic E-state index is 0.131. The highest BCUT2D eigenvalue weighted by molar-refractivity contribution is 7.92. The van der Waals surface area contributed by atoms with Crippen LogP contribution in [0.15, 0.2) is 54.6 Å². The van der Waals surface area contributed by atoms with Gasteiger partial charge in [-0.3, -0.25) is 4.79 Å². The minimum atomic E-state index is -3.57. The molecule has 0 radical (unpaired) electrons. The summed E-state index contributed by atoms with van der Waals surface area (Å²) in [5.41, 5.74) is 2.58. The van der Waals surface area contributed by atoms with Crippen LogP contribution in [0.3, 0.4) is 0 Å². The third-order valence-electron chi connectivity index (χ3n) is 4.18. The predicted molar refractivity (Wildman–Crippen MR) is 96.3 cm³/mol. The molecule has 2 aromatic carbocycles. The third-order valence-corrected chi connectivity index (χ3v) is 6.19. The molecule has 24 heavy (non-hydrogen) atoms. The number of sulfone groups is 1. The highest BCUT2D eigenvalue weighted by Crippen LogP contribution is 2.17. The lowest BCUT2D eigenvalue weighted by Crippen LogP contribution is -2.39. The molecule has 2 rings (SSSR count). The van der Waals surface area contributed by atoms with E-state index in [1.807, 2.05) is 56.3 Å². The maximum absolute atomic E-state index is 12.6. The second kappa shape index (κ2) is 7.62. The number of aryl methyl sites for hydroxylation is 1. The van der Waals surface area contributed by atoms with Gasteiger partial charge in [-0.15, -0.1) is 0 Å². The quantitative estimate of drug-likeness (QED) is 0.874. The Morgan fingerprint density at radius 3 is 2.21 bits per heavy atom. The molecule has 0 bridgehead atoms. The van der Waals surface area contributed by atoms with E-state index in [0.717, 1.165) is 16.7 Å². The number of carbonyl (C=O) groups excluding carboxylic acids is 1. The fourth-order valence-electron chi connectivity index (χ4n) is 2.43. The number of benzene rings is 2. The van der Waals surface area contributed by atoms with Gasteiger partial charge in [0.15, 0.2) is 9.84 Å². The summed E-state index contributed by atoms with van der Waals surface area (Å²) in [5.74, 6) is -0.603. The van der Waals surface area contributed by atoms with E-state index in [4.69, 9.17) is 0 Å². The van der Waals surface area contributed by atoms with Gasteiger partial charge >= 0.3 is 0 Å². The second-order valence-electron chi connectivity index (χ2n) is 6.02. The van der Waals surface area contributed by atoms with Gasteiger partial charge in [0.2, 0.25) is 5.91 Å². The van der Waals surface area contributed by atoms with Crippen LogP contribution in [0.5, 0.6) is 0 Å². The van der Waals surface area contributed by atoms with Crippen molar-refractivity contribution in [1.29, 1.82) is 0 Å². The van der Waals surface area contributed by atoms with Gasteiger partial charge in [-0.05, 0) is 37.5 Å². The molecule has 4 nitrogen and oxygen atoms in total. The van der Waals surface area contributed by atoms with Crippen molar-refractivity contribution in [2.24, 2.45) is 0 Å². The Balaban J connectivity index is 2.07. The monoisotopic (exact) mass is 345 g/mol. The molecule has 0 saturated heterocycles. The van der Waals surface area contributed by atoms with Crippen LogP contribution in [0.4, 0.5) is 0 Å². The Labute approximate surface area is 143 Å². The molecule has 0 aliphatic carbocycles. The summed E-state index contributed by atoms with van der Waals surface area (Å²) >= 11 is 0. The molecular formula is C19H23NO3S. The average molecular weight is 345 g/mol. The highest BCUT2D eigenvalue weighted by Gasteiger charge is 2.29. The van der Waals surface area contributed by atoms with E-state index in [1.54, 1.807) is 12.1 Å². The summed E-state index contributed by atoms with van der Waals surface area (Å²) < 4.78 is 25.1. The van der Waals surface area contributed by atoms with Crippen molar-refractivity contribution in [2.45, 2.75) is 37.8 Å². The topological polar surface area (TPSA) is 63.2 Å². The van der Waals surface area contributed by atoms with E-state index in [0.29, 0.717) is 0 Å². The van der Waals surface area contributed by atoms with Gasteiger partial charge in [0.05, 0.1) is 11.8 Å². The Morgan fingerprint density at radius 1 is 1.00 bits per heavy atom. The van der Waals surface area contributed by atoms with Crippen molar-refractivity contribution in [3.05, 3.63) is 71.3 Å². The largest absolute Gasteiger partial charge is 0.348 e. The van der Waals surface area contributed by atoms with Crippen LogP contribution in [-0.4, -0.2) is 19.6 Å². The lowest BCUT2D eigenvalue weighted by molar-refractivity contribution is -0.121. The number of hydrogen-bond donors (Lipinski definition) is 1. The van der Waals surface area contributed by atoms with Crippen LogP contribution in [0.2, 0.25) is 0 Å². The van der Waals surface area contributed by atoms with Crippen LogP contribution in [0.25, 0.3) is 0 Å². The van der Waals surface area contributed by atoms with Crippen LogP contribution in [0.1, 0.15) is 36.6 Å². The van der Waals surface area contributed by atoms with Crippen molar-refractivity contribution in [3.63, 3.8) is 0 Å². The zero-order valence-electron chi connectivity index (χ0n) is 14.2. The van der Waals surface area contributed by atoms with Crippen LogP contribution in [0, 0.1) is 6.92 Å². The number of nitrogens with one attached hydrogen (secondary N) is 1. The standard InChI is InChI=1S/C19H23NO3S/c1-14-9-7-8-12-18(14)13-24(22,23)16(3)19(21)20-15(2)17-10-5-4-6-11-17/h4-12,15-16H,13H2,1-3H3,(H,20,21)/t15-,16+/m0/s1. The van der Waals surface area contributed by atoms with Crippen molar-refractivity contribution in [3.8, 4) is 0 Å². The Kier molecular flexibility index (Phi) is 5.78. The van der Waals surface area contributed by atoms with Crippen LogP contribution in [-0.2, 0) is 20.4 Å². The summed E-state index contributed by atoms with van der Waals surface area (Å²) in [6.07, 6.45) is 0. The molecule has 0 aromatic heterocycles. The van der Waals surface area contributed by atoms with Gasteiger partial charge in [0, 0.05) is 0 Å². The average Bonchev–Trinajstić information content (AvgIpc) is 2.56. The molecule has 0 heterocycles. The molecule has 1 N–H and O–H groups in total. The van der Waals surface area contributed by atoms with E-state index in [9.17, 15) is 13.2 Å². The smallest absolute Gasteiger partial charge is 0.238 e. The van der Waals surface area contributed by atoms with Crippen molar-refractivity contribution in [2.75, 3.05) is 0 Å². The Hall–Kier alpha value is -2.14. The molecule has 0 unspecified atom stereocenters. The van der Waals surface area contributed by atoms with E-state index in [1.165, 1.54) is 6.92 Å². The van der Waals surface area contributed by atoms with E-state index in [-0.39, 0.29) is 11.8 Å². The van der Waals surface area contributed by atoms with Crippen molar-refractivity contribution >= 4 is 15.7 Å². The zero-order chi connectivity index (χ0) is 17.7. The predicted octanol–water partition coefficient (Wildman–Crippen LogP) is 3.18. The molecule has 2 atom stereocenters. The normalized spacial score (nSPS) is 14.0. The first kappa shape index (κ1) is 18.2. The number of amides is 1. The molecule has 1 amide bonds. The third kappa shape index (κ3) is 4.45. The summed E-state index contributed by atoms with van der Waals surface area (Å²) in [6.45, 7) is 5.15. The van der Waals surface area contributed by atoms with Crippen molar-refractivity contribution < 1.29 is 13.2 Å². The Bertz CT molecular complexity index is 800. The van der Waals surface area contributed by atoms with E-state index >= 15 is 0 Å². The number of rotatable bonds is 6. The second-order valence-corrected chi connectivity index (χ2v) is 8.34. The lowest BCUT2D eigenvalue weighted by Gasteiger charge is -2.18. The summed E-state index contributed by atoms with van der Waals surface area (Å²) in [5, 5.41) is 1.69. The molecule has 128 valence electrons. The summed E-state index contributed by atoms with van der Waals surface area (Å²) in [7, 11) is -3.57. The van der Waals surface area contributed by atoms with Gasteiger partial charge in [-0.1, -0.05) is 54.6 Å². The Morgan fingerprint density at radius 2 is 1.58 bits per heavy atom. The summed E-state index contributed by atoms with van der Waals surface area (Å²) in [6, 6.07) is 16.5. The molecule has 0 fully saturated rings.